The summed E-state index contributed by atoms with van der Waals surface area (Å²) in [5.74, 6) is -1.19. The molecule has 0 radical (unpaired) electrons. The highest BCUT2D eigenvalue weighted by Crippen LogP contribution is 2.32. The molecule has 2 heterocycles. The molecule has 1 saturated heterocycles. The van der Waals surface area contributed by atoms with Crippen molar-refractivity contribution in [1.82, 2.24) is 4.31 Å². The first-order valence-electron chi connectivity index (χ1n) is 5.83. The second-order valence-electron chi connectivity index (χ2n) is 4.55. The molecular formula is C11H15NO5S2. The maximum Gasteiger partial charge on any atom is 0.347 e. The van der Waals surface area contributed by atoms with Crippen molar-refractivity contribution in [2.75, 3.05) is 13.2 Å². The van der Waals surface area contributed by atoms with Gasteiger partial charge < -0.3 is 10.2 Å². The zero-order valence-electron chi connectivity index (χ0n) is 10.3. The highest BCUT2D eigenvalue weighted by Gasteiger charge is 2.40. The number of carbonyl (C=O) groups is 1. The van der Waals surface area contributed by atoms with Crippen LogP contribution in [0.5, 0.6) is 0 Å². The van der Waals surface area contributed by atoms with E-state index in [1.165, 1.54) is 15.8 Å². The number of aromatic carboxylic acids is 1. The minimum atomic E-state index is -3.86. The quantitative estimate of drug-likeness (QED) is 0.859. The number of hydrogen-bond acceptors (Lipinski definition) is 5. The van der Waals surface area contributed by atoms with Gasteiger partial charge in [0.15, 0.2) is 0 Å². The number of hydrogen-bond donors (Lipinski definition) is 2. The number of thiophene rings is 1. The lowest BCUT2D eigenvalue weighted by Gasteiger charge is -2.24. The fourth-order valence-corrected chi connectivity index (χ4v) is 5.29. The maximum absolute atomic E-state index is 12.5. The molecule has 2 unspecified atom stereocenters. The second-order valence-corrected chi connectivity index (χ2v) is 7.33. The molecule has 1 aliphatic rings. The predicted octanol–water partition coefficient (Wildman–Crippen LogP) is 0.838. The molecule has 8 heteroatoms. The third kappa shape index (κ3) is 2.40. The van der Waals surface area contributed by atoms with Crippen LogP contribution in [0.4, 0.5) is 0 Å². The van der Waals surface area contributed by atoms with E-state index < -0.39 is 22.0 Å². The number of aliphatic hydroxyl groups excluding tert-OH is 1. The zero-order chi connectivity index (χ0) is 14.2. The molecule has 6 nitrogen and oxygen atoms in total. The maximum atomic E-state index is 12.5. The van der Waals surface area contributed by atoms with Gasteiger partial charge in [0.25, 0.3) is 0 Å². The van der Waals surface area contributed by atoms with Crippen molar-refractivity contribution in [1.29, 1.82) is 0 Å². The Morgan fingerprint density at radius 2 is 2.26 bits per heavy atom. The molecule has 0 amide bonds. The third-order valence-electron chi connectivity index (χ3n) is 3.43. The highest BCUT2D eigenvalue weighted by molar-refractivity contribution is 7.89. The van der Waals surface area contributed by atoms with Crippen LogP contribution < -0.4 is 0 Å². The molecule has 2 rings (SSSR count). The fraction of sp³-hybridized carbons (Fsp3) is 0.545. The summed E-state index contributed by atoms with van der Waals surface area (Å²) in [4.78, 5) is 10.7. The molecular weight excluding hydrogens is 290 g/mol. The van der Waals surface area contributed by atoms with Gasteiger partial charge in [-0.15, -0.1) is 11.3 Å². The Morgan fingerprint density at radius 3 is 2.84 bits per heavy atom. The van der Waals surface area contributed by atoms with Crippen molar-refractivity contribution in [2.45, 2.75) is 24.3 Å². The lowest BCUT2D eigenvalue weighted by atomic mass is 10.0. The van der Waals surface area contributed by atoms with E-state index in [1.807, 2.05) is 6.92 Å². The van der Waals surface area contributed by atoms with Crippen LogP contribution in [-0.2, 0) is 10.0 Å². The number of carboxylic acid groups (broad SMARTS) is 1. The van der Waals surface area contributed by atoms with Crippen LogP contribution in [0.15, 0.2) is 16.3 Å². The van der Waals surface area contributed by atoms with Crippen molar-refractivity contribution in [3.05, 3.63) is 16.3 Å². The number of nitrogens with zero attached hydrogens (tertiary/aromatic N) is 1. The van der Waals surface area contributed by atoms with Crippen LogP contribution >= 0.6 is 11.3 Å². The molecule has 1 aromatic rings. The Bertz CT molecular complexity index is 580. The summed E-state index contributed by atoms with van der Waals surface area (Å²) in [6, 6.07) is 0.826. The summed E-state index contributed by atoms with van der Waals surface area (Å²) in [5, 5.41) is 19.8. The predicted molar refractivity (Wildman–Crippen MR) is 69.8 cm³/mol. The first-order chi connectivity index (χ1) is 8.89. The molecule has 19 heavy (non-hydrogen) atoms. The minimum absolute atomic E-state index is 0.0617. The average Bonchev–Trinajstić information content (AvgIpc) is 2.94. The smallest absolute Gasteiger partial charge is 0.347 e. The van der Waals surface area contributed by atoms with Crippen LogP contribution in [0.3, 0.4) is 0 Å². The Labute approximate surface area is 115 Å². The molecule has 0 aromatic carbocycles. The second kappa shape index (κ2) is 5.20. The normalized spacial score (nSPS) is 24.7. The molecule has 2 atom stereocenters. The molecule has 0 spiro atoms. The van der Waals surface area contributed by atoms with Crippen LogP contribution in [0, 0.1) is 5.92 Å². The monoisotopic (exact) mass is 305 g/mol. The van der Waals surface area contributed by atoms with Gasteiger partial charge in [-0.3, -0.25) is 0 Å². The topological polar surface area (TPSA) is 94.9 Å². The summed E-state index contributed by atoms with van der Waals surface area (Å²) in [5.41, 5.74) is 0. The summed E-state index contributed by atoms with van der Waals surface area (Å²) in [6.07, 6.45) is 0.664. The van der Waals surface area contributed by atoms with E-state index in [0.717, 1.165) is 11.3 Å². The van der Waals surface area contributed by atoms with Crippen LogP contribution in [0.25, 0.3) is 0 Å². The van der Waals surface area contributed by atoms with E-state index in [4.69, 9.17) is 5.11 Å². The van der Waals surface area contributed by atoms with Crippen LogP contribution in [0.1, 0.15) is 23.0 Å². The fourth-order valence-electron chi connectivity index (χ4n) is 2.33. The van der Waals surface area contributed by atoms with Gasteiger partial charge in [-0.05, 0) is 23.8 Å². The number of carboxylic acids is 1. The standard InChI is InChI=1S/C11H15NO5S2/c1-7-2-4-12(8(7)6-13)19(16,17)9-3-5-18-10(9)11(14)15/h3,5,7-8,13H,2,4,6H2,1H3,(H,14,15). The first-order valence-corrected chi connectivity index (χ1v) is 8.15. The van der Waals surface area contributed by atoms with Gasteiger partial charge in [0, 0.05) is 6.54 Å². The van der Waals surface area contributed by atoms with Crippen molar-refractivity contribution >= 4 is 27.3 Å². The molecule has 1 fully saturated rings. The summed E-state index contributed by atoms with van der Waals surface area (Å²) in [6.45, 7) is 1.93. The SMILES string of the molecule is CC1CCN(S(=O)(=O)c2ccsc2C(=O)O)C1CO. The van der Waals surface area contributed by atoms with E-state index in [-0.39, 0.29) is 22.3 Å². The lowest BCUT2D eigenvalue weighted by Crippen LogP contribution is -2.40. The Morgan fingerprint density at radius 1 is 1.58 bits per heavy atom. The van der Waals surface area contributed by atoms with E-state index in [1.54, 1.807) is 0 Å². The average molecular weight is 305 g/mol. The number of sulfonamides is 1. The third-order valence-corrected chi connectivity index (χ3v) is 6.43. The Hall–Kier alpha value is -0.960. The minimum Gasteiger partial charge on any atom is -0.477 e. The molecule has 0 aliphatic carbocycles. The van der Waals surface area contributed by atoms with Gasteiger partial charge >= 0.3 is 5.97 Å². The Balaban J connectivity index is 2.43. The zero-order valence-corrected chi connectivity index (χ0v) is 11.9. The van der Waals surface area contributed by atoms with Gasteiger partial charge in [0.1, 0.15) is 9.77 Å². The van der Waals surface area contributed by atoms with Crippen molar-refractivity contribution in [3.63, 3.8) is 0 Å². The first kappa shape index (κ1) is 14.4. The summed E-state index contributed by atoms with van der Waals surface area (Å²) in [7, 11) is -3.86. The molecule has 1 aromatic heterocycles. The van der Waals surface area contributed by atoms with Gasteiger partial charge in [-0.2, -0.15) is 4.31 Å². The van der Waals surface area contributed by atoms with Crippen LogP contribution in [0.2, 0.25) is 0 Å². The van der Waals surface area contributed by atoms with E-state index in [0.29, 0.717) is 13.0 Å². The van der Waals surface area contributed by atoms with Crippen molar-refractivity contribution in [3.8, 4) is 0 Å². The summed E-state index contributed by atoms with van der Waals surface area (Å²) >= 11 is 0.885. The summed E-state index contributed by atoms with van der Waals surface area (Å²) < 4.78 is 26.2. The molecule has 1 aliphatic heterocycles. The van der Waals surface area contributed by atoms with Gasteiger partial charge in [0.05, 0.1) is 12.6 Å². The van der Waals surface area contributed by atoms with Crippen molar-refractivity contribution in [2.24, 2.45) is 5.92 Å². The van der Waals surface area contributed by atoms with Crippen LogP contribution in [-0.4, -0.2) is 48.1 Å². The lowest BCUT2D eigenvalue weighted by molar-refractivity contribution is 0.0698. The van der Waals surface area contributed by atoms with Gasteiger partial charge in [-0.1, -0.05) is 6.92 Å². The van der Waals surface area contributed by atoms with E-state index >= 15 is 0 Å². The van der Waals surface area contributed by atoms with E-state index in [2.05, 4.69) is 0 Å². The van der Waals surface area contributed by atoms with Crippen molar-refractivity contribution < 1.29 is 23.4 Å². The molecule has 106 valence electrons. The van der Waals surface area contributed by atoms with Gasteiger partial charge in [-0.25, -0.2) is 13.2 Å². The molecule has 0 saturated carbocycles. The van der Waals surface area contributed by atoms with Gasteiger partial charge in [0.2, 0.25) is 10.0 Å². The number of rotatable bonds is 4. The van der Waals surface area contributed by atoms with E-state index in [9.17, 15) is 18.3 Å². The Kier molecular flexibility index (Phi) is 3.95. The highest BCUT2D eigenvalue weighted by atomic mass is 32.2. The number of aliphatic hydroxyl groups is 1. The largest absolute Gasteiger partial charge is 0.477 e. The molecule has 2 N–H and O–H groups in total. The molecule has 0 bridgehead atoms.